The van der Waals surface area contributed by atoms with Crippen molar-refractivity contribution in [3.05, 3.63) is 74.1 Å². The van der Waals surface area contributed by atoms with E-state index in [9.17, 15) is 9.59 Å². The van der Waals surface area contributed by atoms with E-state index in [0.717, 1.165) is 0 Å². The van der Waals surface area contributed by atoms with Crippen LogP contribution >= 0.6 is 23.2 Å². The fourth-order valence-corrected chi connectivity index (χ4v) is 3.72. The molecule has 1 aromatic heterocycles. The van der Waals surface area contributed by atoms with Gasteiger partial charge in [-0.25, -0.2) is 4.79 Å². The molecule has 1 atom stereocenters. The van der Waals surface area contributed by atoms with Crippen LogP contribution in [-0.2, 0) is 4.79 Å². The van der Waals surface area contributed by atoms with Gasteiger partial charge in [-0.3, -0.25) is 4.79 Å². The standard InChI is InChI=1S/C18H10Cl2O4/c19-11-5-3-6-12(20)15(11)10-8-14(21)24-17-9-4-1-2-7-13(9)23-18(22)16(10)17/h1-7,10H,8H2/t10-/m1/s1. The average molecular weight is 361 g/mol. The van der Waals surface area contributed by atoms with Crippen LogP contribution in [0.25, 0.3) is 11.0 Å². The Morgan fingerprint density at radius 1 is 0.917 bits per heavy atom. The molecule has 0 aliphatic carbocycles. The maximum Gasteiger partial charge on any atom is 0.343 e. The third-order valence-electron chi connectivity index (χ3n) is 4.08. The number of rotatable bonds is 1. The van der Waals surface area contributed by atoms with Crippen LogP contribution in [0.15, 0.2) is 51.7 Å². The van der Waals surface area contributed by atoms with Crippen molar-refractivity contribution < 1.29 is 13.9 Å². The van der Waals surface area contributed by atoms with Crippen LogP contribution in [0.1, 0.15) is 23.5 Å². The number of hydrogen-bond acceptors (Lipinski definition) is 4. The predicted molar refractivity (Wildman–Crippen MR) is 91.0 cm³/mol. The number of carbonyl (C=O) groups excluding carboxylic acids is 1. The molecule has 3 aromatic rings. The van der Waals surface area contributed by atoms with Gasteiger partial charge in [0.25, 0.3) is 0 Å². The molecule has 6 heteroatoms. The first kappa shape index (κ1) is 15.2. The highest BCUT2D eigenvalue weighted by Crippen LogP contribution is 2.44. The van der Waals surface area contributed by atoms with Crippen molar-refractivity contribution in [3.8, 4) is 5.75 Å². The SMILES string of the molecule is O=C1C[C@H](c2c(Cl)cccc2Cl)c2c(c3ccccc3oc2=O)O1. The molecular formula is C18H10Cl2O4. The molecule has 0 saturated heterocycles. The van der Waals surface area contributed by atoms with Crippen LogP contribution in [0.4, 0.5) is 0 Å². The lowest BCUT2D eigenvalue weighted by Gasteiger charge is -2.25. The van der Waals surface area contributed by atoms with Gasteiger partial charge in [0, 0.05) is 16.0 Å². The summed E-state index contributed by atoms with van der Waals surface area (Å²) < 4.78 is 10.8. The van der Waals surface area contributed by atoms with Crippen LogP contribution in [0.2, 0.25) is 10.0 Å². The number of carbonyl (C=O) groups is 1. The second-order valence-electron chi connectivity index (χ2n) is 5.49. The molecule has 0 radical (unpaired) electrons. The number of halogens is 2. The Kier molecular flexibility index (Phi) is 3.59. The van der Waals surface area contributed by atoms with Gasteiger partial charge in [-0.05, 0) is 29.8 Å². The Morgan fingerprint density at radius 2 is 1.62 bits per heavy atom. The molecule has 0 amide bonds. The first-order valence-electron chi connectivity index (χ1n) is 7.26. The summed E-state index contributed by atoms with van der Waals surface area (Å²) in [4.78, 5) is 24.7. The number of fused-ring (bicyclic) bond motifs is 3. The molecule has 0 unspecified atom stereocenters. The zero-order valence-electron chi connectivity index (χ0n) is 12.2. The number of hydrogen-bond donors (Lipinski definition) is 0. The molecule has 0 fully saturated rings. The minimum atomic E-state index is -0.608. The van der Waals surface area contributed by atoms with Crippen LogP contribution < -0.4 is 10.4 Å². The van der Waals surface area contributed by atoms with Crippen LogP contribution in [0.3, 0.4) is 0 Å². The van der Waals surface area contributed by atoms with Crippen LogP contribution in [0, 0.1) is 0 Å². The van der Waals surface area contributed by atoms with Gasteiger partial charge in [0.1, 0.15) is 5.58 Å². The summed E-state index contributed by atoms with van der Waals surface area (Å²) >= 11 is 12.6. The Labute approximate surface area is 146 Å². The van der Waals surface area contributed by atoms with Crippen molar-refractivity contribution in [2.45, 2.75) is 12.3 Å². The van der Waals surface area contributed by atoms with Crippen molar-refractivity contribution >= 4 is 40.1 Å². The summed E-state index contributed by atoms with van der Waals surface area (Å²) in [6.07, 6.45) is -0.0282. The lowest BCUT2D eigenvalue weighted by molar-refractivity contribution is -0.135. The highest BCUT2D eigenvalue weighted by atomic mass is 35.5. The molecule has 0 saturated carbocycles. The predicted octanol–water partition coefficient (Wildman–Crippen LogP) is 4.54. The molecule has 24 heavy (non-hydrogen) atoms. The normalized spacial score (nSPS) is 16.8. The largest absolute Gasteiger partial charge is 0.425 e. The molecule has 1 aliphatic heterocycles. The molecule has 4 nitrogen and oxygen atoms in total. The van der Waals surface area contributed by atoms with Gasteiger partial charge in [-0.2, -0.15) is 0 Å². The molecule has 2 aromatic carbocycles. The van der Waals surface area contributed by atoms with E-state index < -0.39 is 17.5 Å². The van der Waals surface area contributed by atoms with E-state index in [2.05, 4.69) is 0 Å². The van der Waals surface area contributed by atoms with E-state index >= 15 is 0 Å². The third-order valence-corrected chi connectivity index (χ3v) is 4.74. The first-order chi connectivity index (χ1) is 11.6. The number of para-hydroxylation sites is 1. The maximum atomic E-state index is 12.5. The van der Waals surface area contributed by atoms with Gasteiger partial charge in [-0.15, -0.1) is 0 Å². The Hall–Kier alpha value is -2.30. The van der Waals surface area contributed by atoms with Gasteiger partial charge < -0.3 is 9.15 Å². The molecule has 0 spiro atoms. The minimum absolute atomic E-state index is 0.0282. The lowest BCUT2D eigenvalue weighted by Crippen LogP contribution is -2.27. The topological polar surface area (TPSA) is 56.5 Å². The number of esters is 1. The smallest absolute Gasteiger partial charge is 0.343 e. The van der Waals surface area contributed by atoms with E-state index in [1.165, 1.54) is 0 Å². The van der Waals surface area contributed by atoms with Crippen molar-refractivity contribution in [3.63, 3.8) is 0 Å². The maximum absolute atomic E-state index is 12.5. The second kappa shape index (κ2) is 5.65. The summed E-state index contributed by atoms with van der Waals surface area (Å²) in [7, 11) is 0. The number of ether oxygens (including phenoxy) is 1. The lowest BCUT2D eigenvalue weighted by atomic mass is 9.86. The first-order valence-corrected chi connectivity index (χ1v) is 8.02. The van der Waals surface area contributed by atoms with Gasteiger partial charge >= 0.3 is 11.6 Å². The molecular weight excluding hydrogens is 351 g/mol. The molecule has 120 valence electrons. The van der Waals surface area contributed by atoms with Crippen LogP contribution in [0.5, 0.6) is 5.75 Å². The highest BCUT2D eigenvalue weighted by molar-refractivity contribution is 6.36. The van der Waals surface area contributed by atoms with Crippen LogP contribution in [-0.4, -0.2) is 5.97 Å². The fraction of sp³-hybridized carbons (Fsp3) is 0.111. The second-order valence-corrected chi connectivity index (χ2v) is 6.31. The van der Waals surface area contributed by atoms with Gasteiger partial charge in [0.05, 0.1) is 17.4 Å². The minimum Gasteiger partial charge on any atom is -0.425 e. The zero-order valence-corrected chi connectivity index (χ0v) is 13.7. The van der Waals surface area contributed by atoms with E-state index in [4.69, 9.17) is 32.4 Å². The molecule has 4 rings (SSSR count). The van der Waals surface area contributed by atoms with E-state index in [-0.39, 0.29) is 17.7 Å². The zero-order chi connectivity index (χ0) is 16.8. The summed E-state index contributed by atoms with van der Waals surface area (Å²) in [6, 6.07) is 12.0. The molecule has 2 heterocycles. The fourth-order valence-electron chi connectivity index (χ4n) is 3.06. The summed E-state index contributed by atoms with van der Waals surface area (Å²) in [5, 5.41) is 1.34. The summed E-state index contributed by atoms with van der Waals surface area (Å²) in [5.74, 6) is -0.832. The molecule has 1 aliphatic rings. The van der Waals surface area contributed by atoms with Crippen molar-refractivity contribution in [1.29, 1.82) is 0 Å². The summed E-state index contributed by atoms with van der Waals surface area (Å²) in [5.41, 5.74) is 0.599. The summed E-state index contributed by atoms with van der Waals surface area (Å²) in [6.45, 7) is 0. The number of benzene rings is 2. The van der Waals surface area contributed by atoms with Gasteiger partial charge in [0.2, 0.25) is 0 Å². The van der Waals surface area contributed by atoms with Gasteiger partial charge in [0.15, 0.2) is 5.75 Å². The third kappa shape index (κ3) is 2.30. The quantitative estimate of drug-likeness (QED) is 0.472. The van der Waals surface area contributed by atoms with Crippen molar-refractivity contribution in [2.24, 2.45) is 0 Å². The highest BCUT2D eigenvalue weighted by Gasteiger charge is 2.35. The van der Waals surface area contributed by atoms with Crippen molar-refractivity contribution in [1.82, 2.24) is 0 Å². The Balaban J connectivity index is 2.07. The van der Waals surface area contributed by atoms with E-state index in [1.807, 2.05) is 0 Å². The molecule has 0 N–H and O–H groups in total. The van der Waals surface area contributed by atoms with E-state index in [1.54, 1.807) is 42.5 Å². The molecule has 0 bridgehead atoms. The monoisotopic (exact) mass is 360 g/mol. The van der Waals surface area contributed by atoms with E-state index in [0.29, 0.717) is 26.6 Å². The van der Waals surface area contributed by atoms with Gasteiger partial charge in [-0.1, -0.05) is 41.4 Å². The van der Waals surface area contributed by atoms with Crippen molar-refractivity contribution in [2.75, 3.05) is 0 Å². The Bertz CT molecular complexity index is 1020. The Morgan fingerprint density at radius 3 is 2.38 bits per heavy atom. The average Bonchev–Trinajstić information content (AvgIpc) is 2.54.